The van der Waals surface area contributed by atoms with E-state index in [0.717, 1.165) is 34.3 Å². The molecule has 0 saturated heterocycles. The van der Waals surface area contributed by atoms with Crippen LogP contribution in [0.5, 0.6) is 5.75 Å². The number of nitrogens with zero attached hydrogens (tertiary/aromatic N) is 1. The summed E-state index contributed by atoms with van der Waals surface area (Å²) in [5.41, 5.74) is 4.47. The highest BCUT2D eigenvalue weighted by atomic mass is 32.2. The number of anilines is 1. The van der Waals surface area contributed by atoms with Gasteiger partial charge in [0.05, 0.1) is 18.5 Å². The second-order valence-corrected chi connectivity index (χ2v) is 9.47. The minimum atomic E-state index is -3.66. The molecule has 0 radical (unpaired) electrons. The third kappa shape index (κ3) is 5.75. The Labute approximate surface area is 180 Å². The molecule has 0 unspecified atom stereocenters. The van der Waals surface area contributed by atoms with Gasteiger partial charge in [-0.05, 0) is 68.5 Å². The van der Waals surface area contributed by atoms with E-state index in [1.54, 1.807) is 13.0 Å². The fourth-order valence-electron chi connectivity index (χ4n) is 3.33. The molecule has 0 fully saturated rings. The molecule has 0 heterocycles. The van der Waals surface area contributed by atoms with Gasteiger partial charge in [-0.3, -0.25) is 9.10 Å². The first-order valence-electron chi connectivity index (χ1n) is 10.1. The number of carbonyl (C=O) groups excluding carboxylic acids is 1. The van der Waals surface area contributed by atoms with Gasteiger partial charge in [0, 0.05) is 0 Å². The zero-order valence-electron chi connectivity index (χ0n) is 18.7. The van der Waals surface area contributed by atoms with Crippen molar-refractivity contribution in [3.8, 4) is 5.75 Å². The van der Waals surface area contributed by atoms with E-state index in [9.17, 15) is 13.2 Å². The number of hydrogen-bond acceptors (Lipinski definition) is 4. The fourth-order valence-corrected chi connectivity index (χ4v) is 4.59. The number of aryl methyl sites for hydroxylation is 3. The SMILES string of the molecule is CC[C@H](C(=O)NCCOc1cccc(C)c1C)N(c1cc(C)ccc1C)S(C)(=O)=O. The van der Waals surface area contributed by atoms with E-state index in [1.807, 2.05) is 58.0 Å². The Hall–Kier alpha value is -2.54. The Morgan fingerprint density at radius 2 is 1.80 bits per heavy atom. The largest absolute Gasteiger partial charge is 0.491 e. The number of benzene rings is 2. The van der Waals surface area contributed by atoms with Gasteiger partial charge in [-0.2, -0.15) is 0 Å². The van der Waals surface area contributed by atoms with Crippen LogP contribution in [-0.4, -0.2) is 39.8 Å². The molecule has 0 aliphatic heterocycles. The molecule has 2 aromatic rings. The predicted octanol–water partition coefficient (Wildman–Crippen LogP) is 3.66. The molecule has 2 aromatic carbocycles. The van der Waals surface area contributed by atoms with E-state index in [2.05, 4.69) is 5.32 Å². The Balaban J connectivity index is 2.12. The van der Waals surface area contributed by atoms with Crippen molar-refractivity contribution in [3.63, 3.8) is 0 Å². The number of carbonyl (C=O) groups is 1. The molecule has 7 heteroatoms. The maximum atomic E-state index is 12.9. The van der Waals surface area contributed by atoms with Gasteiger partial charge < -0.3 is 10.1 Å². The van der Waals surface area contributed by atoms with Crippen molar-refractivity contribution < 1.29 is 17.9 Å². The van der Waals surface area contributed by atoms with E-state index in [1.165, 1.54) is 4.31 Å². The molecule has 30 heavy (non-hydrogen) atoms. The Kier molecular flexibility index (Phi) is 7.89. The smallest absolute Gasteiger partial charge is 0.244 e. The lowest BCUT2D eigenvalue weighted by Gasteiger charge is -2.31. The van der Waals surface area contributed by atoms with Crippen LogP contribution in [0.1, 0.15) is 35.6 Å². The molecule has 0 aromatic heterocycles. The van der Waals surface area contributed by atoms with Gasteiger partial charge in [0.15, 0.2) is 0 Å². The van der Waals surface area contributed by atoms with Crippen molar-refractivity contribution in [2.45, 2.75) is 47.1 Å². The molecule has 0 bridgehead atoms. The van der Waals surface area contributed by atoms with E-state index < -0.39 is 16.1 Å². The molecule has 1 atom stereocenters. The van der Waals surface area contributed by atoms with Crippen LogP contribution in [0.15, 0.2) is 36.4 Å². The van der Waals surface area contributed by atoms with Crippen LogP contribution in [0.3, 0.4) is 0 Å². The first-order valence-corrected chi connectivity index (χ1v) is 11.9. The Morgan fingerprint density at radius 1 is 1.10 bits per heavy atom. The summed E-state index contributed by atoms with van der Waals surface area (Å²) in [5.74, 6) is 0.442. The number of sulfonamides is 1. The monoisotopic (exact) mass is 432 g/mol. The summed E-state index contributed by atoms with van der Waals surface area (Å²) < 4.78 is 32.2. The third-order valence-electron chi connectivity index (χ3n) is 5.15. The van der Waals surface area contributed by atoms with Crippen molar-refractivity contribution in [3.05, 3.63) is 58.7 Å². The van der Waals surface area contributed by atoms with E-state index in [0.29, 0.717) is 18.7 Å². The lowest BCUT2D eigenvalue weighted by molar-refractivity contribution is -0.122. The van der Waals surface area contributed by atoms with Gasteiger partial charge in [-0.15, -0.1) is 0 Å². The average molecular weight is 433 g/mol. The molecule has 0 spiro atoms. The first-order chi connectivity index (χ1) is 14.1. The topological polar surface area (TPSA) is 75.7 Å². The summed E-state index contributed by atoms with van der Waals surface area (Å²) in [6.07, 6.45) is 1.48. The molecule has 2 rings (SSSR count). The second kappa shape index (κ2) is 9.98. The maximum absolute atomic E-state index is 12.9. The van der Waals surface area contributed by atoms with Crippen LogP contribution in [0.25, 0.3) is 0 Å². The van der Waals surface area contributed by atoms with Gasteiger partial charge in [0.2, 0.25) is 15.9 Å². The number of ether oxygens (including phenoxy) is 1. The van der Waals surface area contributed by atoms with Crippen LogP contribution in [0.4, 0.5) is 5.69 Å². The first kappa shape index (κ1) is 23.7. The van der Waals surface area contributed by atoms with Gasteiger partial charge in [0.25, 0.3) is 0 Å². The molecule has 0 aliphatic rings. The lowest BCUT2D eigenvalue weighted by atomic mass is 10.1. The summed E-state index contributed by atoms with van der Waals surface area (Å²) >= 11 is 0. The predicted molar refractivity (Wildman–Crippen MR) is 122 cm³/mol. The van der Waals surface area contributed by atoms with E-state index in [-0.39, 0.29) is 12.5 Å². The maximum Gasteiger partial charge on any atom is 0.244 e. The van der Waals surface area contributed by atoms with E-state index >= 15 is 0 Å². The van der Waals surface area contributed by atoms with Crippen molar-refractivity contribution >= 4 is 21.6 Å². The van der Waals surface area contributed by atoms with Gasteiger partial charge >= 0.3 is 0 Å². The Morgan fingerprint density at radius 3 is 2.43 bits per heavy atom. The summed E-state index contributed by atoms with van der Waals surface area (Å²) in [6, 6.07) is 10.6. The summed E-state index contributed by atoms with van der Waals surface area (Å²) in [7, 11) is -3.66. The Bertz CT molecular complexity index is 1000. The minimum absolute atomic E-state index is 0.285. The zero-order chi connectivity index (χ0) is 22.5. The summed E-state index contributed by atoms with van der Waals surface area (Å²) in [5, 5.41) is 2.82. The highest BCUT2D eigenvalue weighted by molar-refractivity contribution is 7.92. The molecule has 164 valence electrons. The lowest BCUT2D eigenvalue weighted by Crippen LogP contribution is -2.50. The van der Waals surface area contributed by atoms with Crippen LogP contribution in [0, 0.1) is 27.7 Å². The highest BCUT2D eigenvalue weighted by Gasteiger charge is 2.32. The van der Waals surface area contributed by atoms with Crippen molar-refractivity contribution in [1.29, 1.82) is 0 Å². The minimum Gasteiger partial charge on any atom is -0.491 e. The molecule has 1 amide bonds. The van der Waals surface area contributed by atoms with E-state index in [4.69, 9.17) is 4.74 Å². The van der Waals surface area contributed by atoms with Crippen LogP contribution < -0.4 is 14.4 Å². The van der Waals surface area contributed by atoms with Crippen molar-refractivity contribution in [2.24, 2.45) is 0 Å². The molecule has 0 aliphatic carbocycles. The highest BCUT2D eigenvalue weighted by Crippen LogP contribution is 2.27. The van der Waals surface area contributed by atoms with Crippen molar-refractivity contribution in [1.82, 2.24) is 5.32 Å². The fraction of sp³-hybridized carbons (Fsp3) is 0.435. The summed E-state index contributed by atoms with van der Waals surface area (Å²) in [4.78, 5) is 12.9. The summed E-state index contributed by atoms with van der Waals surface area (Å²) in [6.45, 7) is 10.1. The van der Waals surface area contributed by atoms with Gasteiger partial charge in [-0.25, -0.2) is 8.42 Å². The van der Waals surface area contributed by atoms with Crippen LogP contribution in [0.2, 0.25) is 0 Å². The van der Waals surface area contributed by atoms with Gasteiger partial charge in [0.1, 0.15) is 18.4 Å². The number of nitrogens with one attached hydrogen (secondary N) is 1. The zero-order valence-corrected chi connectivity index (χ0v) is 19.5. The van der Waals surface area contributed by atoms with Crippen LogP contribution in [-0.2, 0) is 14.8 Å². The molecule has 1 N–H and O–H groups in total. The standard InChI is InChI=1S/C23H32N2O4S/c1-7-20(25(30(6,27)28)21-15-16(2)11-12-18(21)4)23(26)24-13-14-29-22-10-8-9-17(3)19(22)5/h8-12,15,20H,7,13-14H2,1-6H3,(H,24,26)/t20-/m1/s1. The normalized spacial score (nSPS) is 12.3. The third-order valence-corrected chi connectivity index (χ3v) is 6.31. The quantitative estimate of drug-likeness (QED) is 0.614. The molecular weight excluding hydrogens is 400 g/mol. The van der Waals surface area contributed by atoms with Gasteiger partial charge in [-0.1, -0.05) is 31.2 Å². The molecule has 0 saturated carbocycles. The van der Waals surface area contributed by atoms with Crippen molar-refractivity contribution in [2.75, 3.05) is 23.7 Å². The number of hydrogen-bond donors (Lipinski definition) is 1. The molecular formula is C23H32N2O4S. The number of amides is 1. The van der Waals surface area contributed by atoms with Crippen LogP contribution >= 0.6 is 0 Å². The average Bonchev–Trinajstić information content (AvgIpc) is 2.67. The second-order valence-electron chi connectivity index (χ2n) is 7.61. The number of rotatable bonds is 9. The molecule has 6 nitrogen and oxygen atoms in total.